The number of nitrogens with zero attached hydrogens (tertiary/aromatic N) is 4. The normalized spacial score (nSPS) is 11.1. The predicted octanol–water partition coefficient (Wildman–Crippen LogP) is 2.44. The fraction of sp³-hybridized carbons (Fsp3) is 0.545. The van der Waals surface area contributed by atoms with Crippen molar-refractivity contribution in [3.8, 4) is 6.07 Å². The summed E-state index contributed by atoms with van der Waals surface area (Å²) in [6.07, 6.45) is -3.79. The average molecular weight is 258 g/mol. The van der Waals surface area contributed by atoms with Crippen molar-refractivity contribution < 1.29 is 13.2 Å². The Morgan fingerprint density at radius 1 is 1.39 bits per heavy atom. The van der Waals surface area contributed by atoms with Crippen LogP contribution in [0.5, 0.6) is 0 Å². The lowest BCUT2D eigenvalue weighted by molar-refractivity contribution is -0.119. The molecule has 0 bridgehead atoms. The SMILES string of the molecule is CCCN(CC(F)(F)F)c1nc(C)cc(C#N)n1. The summed E-state index contributed by atoms with van der Waals surface area (Å²) in [6, 6.07) is 3.24. The summed E-state index contributed by atoms with van der Waals surface area (Å²) in [4.78, 5) is 8.79. The number of nitriles is 1. The van der Waals surface area contributed by atoms with E-state index in [0.717, 1.165) is 4.90 Å². The third-order valence-corrected chi connectivity index (χ3v) is 2.10. The fourth-order valence-corrected chi connectivity index (χ4v) is 1.49. The van der Waals surface area contributed by atoms with Crippen molar-refractivity contribution in [1.82, 2.24) is 9.97 Å². The Bertz CT molecular complexity index is 451. The standard InChI is InChI=1S/C11H13F3N4/c1-3-4-18(7-11(12,13)14)10-16-8(2)5-9(6-15)17-10/h5H,3-4,7H2,1-2H3. The highest BCUT2D eigenvalue weighted by molar-refractivity contribution is 5.36. The van der Waals surface area contributed by atoms with Gasteiger partial charge in [0.05, 0.1) is 0 Å². The second kappa shape index (κ2) is 5.67. The first-order valence-electron chi connectivity index (χ1n) is 5.43. The summed E-state index contributed by atoms with van der Waals surface area (Å²) >= 11 is 0. The Balaban J connectivity index is 3.05. The smallest absolute Gasteiger partial charge is 0.332 e. The van der Waals surface area contributed by atoms with E-state index in [2.05, 4.69) is 9.97 Å². The summed E-state index contributed by atoms with van der Waals surface area (Å²) < 4.78 is 37.3. The van der Waals surface area contributed by atoms with E-state index in [1.165, 1.54) is 6.07 Å². The molecular formula is C11H13F3N4. The number of hydrogen-bond acceptors (Lipinski definition) is 4. The van der Waals surface area contributed by atoms with Gasteiger partial charge in [0.2, 0.25) is 5.95 Å². The highest BCUT2D eigenvalue weighted by Gasteiger charge is 2.31. The minimum Gasteiger partial charge on any atom is -0.332 e. The first-order chi connectivity index (χ1) is 8.35. The van der Waals surface area contributed by atoms with Gasteiger partial charge in [-0.3, -0.25) is 0 Å². The van der Waals surface area contributed by atoms with Crippen molar-refractivity contribution in [3.63, 3.8) is 0 Å². The summed E-state index contributed by atoms with van der Waals surface area (Å²) in [6.45, 7) is 2.46. The Labute approximate surface area is 103 Å². The Morgan fingerprint density at radius 2 is 2.06 bits per heavy atom. The number of anilines is 1. The van der Waals surface area contributed by atoms with Gasteiger partial charge in [-0.25, -0.2) is 9.97 Å². The summed E-state index contributed by atoms with van der Waals surface area (Å²) in [5.41, 5.74) is 0.542. The molecule has 0 radical (unpaired) electrons. The van der Waals surface area contributed by atoms with Gasteiger partial charge in [0.25, 0.3) is 0 Å². The van der Waals surface area contributed by atoms with Gasteiger partial charge >= 0.3 is 6.18 Å². The van der Waals surface area contributed by atoms with Crippen LogP contribution in [0.15, 0.2) is 6.07 Å². The van der Waals surface area contributed by atoms with Crippen LogP contribution in [0.2, 0.25) is 0 Å². The lowest BCUT2D eigenvalue weighted by Gasteiger charge is -2.23. The third kappa shape index (κ3) is 4.20. The maximum atomic E-state index is 12.4. The van der Waals surface area contributed by atoms with Crippen LogP contribution < -0.4 is 4.90 Å². The number of rotatable bonds is 4. The number of aryl methyl sites for hydroxylation is 1. The quantitative estimate of drug-likeness (QED) is 0.832. The molecule has 1 aromatic heterocycles. The molecule has 0 saturated heterocycles. The lowest BCUT2D eigenvalue weighted by atomic mass is 10.3. The molecule has 98 valence electrons. The Morgan fingerprint density at radius 3 is 2.56 bits per heavy atom. The molecule has 4 nitrogen and oxygen atoms in total. The van der Waals surface area contributed by atoms with Crippen molar-refractivity contribution in [2.75, 3.05) is 18.0 Å². The van der Waals surface area contributed by atoms with E-state index >= 15 is 0 Å². The van der Waals surface area contributed by atoms with Crippen LogP contribution in [0.25, 0.3) is 0 Å². The largest absolute Gasteiger partial charge is 0.406 e. The van der Waals surface area contributed by atoms with Crippen molar-refractivity contribution in [2.24, 2.45) is 0 Å². The number of alkyl halides is 3. The molecule has 1 rings (SSSR count). The van der Waals surface area contributed by atoms with Crippen LogP contribution in [-0.2, 0) is 0 Å². The summed E-state index contributed by atoms with van der Waals surface area (Å²) in [5.74, 6) is -0.0503. The molecule has 0 N–H and O–H groups in total. The van der Waals surface area contributed by atoms with E-state index in [4.69, 9.17) is 5.26 Å². The minimum absolute atomic E-state index is 0.0503. The van der Waals surface area contributed by atoms with Gasteiger partial charge in [0.1, 0.15) is 18.3 Å². The summed E-state index contributed by atoms with van der Waals surface area (Å²) in [5, 5.41) is 8.75. The molecule has 1 heterocycles. The van der Waals surface area contributed by atoms with E-state index in [0.29, 0.717) is 12.1 Å². The zero-order valence-corrected chi connectivity index (χ0v) is 10.1. The monoisotopic (exact) mass is 258 g/mol. The number of hydrogen-bond donors (Lipinski definition) is 0. The first kappa shape index (κ1) is 14.2. The van der Waals surface area contributed by atoms with Gasteiger partial charge in [-0.1, -0.05) is 6.92 Å². The molecule has 7 heteroatoms. The molecule has 0 fully saturated rings. The third-order valence-electron chi connectivity index (χ3n) is 2.10. The first-order valence-corrected chi connectivity index (χ1v) is 5.43. The van der Waals surface area contributed by atoms with E-state index < -0.39 is 12.7 Å². The van der Waals surface area contributed by atoms with Gasteiger partial charge in [0.15, 0.2) is 0 Å². The topological polar surface area (TPSA) is 52.8 Å². The van der Waals surface area contributed by atoms with Crippen molar-refractivity contribution in [3.05, 3.63) is 17.5 Å². The number of halogens is 3. The zero-order valence-electron chi connectivity index (χ0n) is 10.1. The van der Waals surface area contributed by atoms with Crippen molar-refractivity contribution >= 4 is 5.95 Å². The van der Waals surface area contributed by atoms with Crippen LogP contribution in [0.4, 0.5) is 19.1 Å². The van der Waals surface area contributed by atoms with Gasteiger partial charge in [-0.2, -0.15) is 18.4 Å². The van der Waals surface area contributed by atoms with Gasteiger partial charge in [0, 0.05) is 12.2 Å². The molecular weight excluding hydrogens is 245 g/mol. The second-order valence-electron chi connectivity index (χ2n) is 3.84. The van der Waals surface area contributed by atoms with Crippen molar-refractivity contribution in [2.45, 2.75) is 26.4 Å². The van der Waals surface area contributed by atoms with Crippen LogP contribution in [-0.4, -0.2) is 29.2 Å². The molecule has 0 spiro atoms. The van der Waals surface area contributed by atoms with Crippen LogP contribution in [0.3, 0.4) is 0 Å². The molecule has 0 saturated carbocycles. The maximum Gasteiger partial charge on any atom is 0.406 e. The lowest BCUT2D eigenvalue weighted by Crippen LogP contribution is -2.36. The van der Waals surface area contributed by atoms with Gasteiger partial charge < -0.3 is 4.90 Å². The molecule has 0 aromatic carbocycles. The van der Waals surface area contributed by atoms with Crippen LogP contribution >= 0.6 is 0 Å². The molecule has 0 aliphatic heterocycles. The summed E-state index contributed by atoms with van der Waals surface area (Å²) in [7, 11) is 0. The fourth-order valence-electron chi connectivity index (χ4n) is 1.49. The highest BCUT2D eigenvalue weighted by atomic mass is 19.4. The average Bonchev–Trinajstić information content (AvgIpc) is 2.26. The predicted molar refractivity (Wildman–Crippen MR) is 60.0 cm³/mol. The molecule has 18 heavy (non-hydrogen) atoms. The molecule has 0 aliphatic carbocycles. The Kier molecular flexibility index (Phi) is 4.48. The molecule has 0 atom stereocenters. The minimum atomic E-state index is -4.32. The Hall–Kier alpha value is -1.84. The van der Waals surface area contributed by atoms with Crippen molar-refractivity contribution in [1.29, 1.82) is 5.26 Å². The van der Waals surface area contributed by atoms with Gasteiger partial charge in [-0.05, 0) is 19.4 Å². The van der Waals surface area contributed by atoms with Crippen LogP contribution in [0, 0.1) is 18.3 Å². The highest BCUT2D eigenvalue weighted by Crippen LogP contribution is 2.20. The second-order valence-corrected chi connectivity index (χ2v) is 3.84. The molecule has 0 aliphatic rings. The molecule has 0 unspecified atom stereocenters. The van der Waals surface area contributed by atoms with Gasteiger partial charge in [-0.15, -0.1) is 0 Å². The van der Waals surface area contributed by atoms with E-state index in [9.17, 15) is 13.2 Å². The van der Waals surface area contributed by atoms with Crippen LogP contribution in [0.1, 0.15) is 24.7 Å². The van der Waals surface area contributed by atoms with E-state index in [1.807, 2.05) is 6.07 Å². The number of aromatic nitrogens is 2. The van der Waals surface area contributed by atoms with E-state index in [-0.39, 0.29) is 18.2 Å². The molecule has 1 aromatic rings. The van der Waals surface area contributed by atoms with E-state index in [1.54, 1.807) is 13.8 Å². The maximum absolute atomic E-state index is 12.4. The zero-order chi connectivity index (χ0) is 13.8. The molecule has 0 amide bonds.